The smallest absolute Gasteiger partial charge is 0.313 e. The van der Waals surface area contributed by atoms with Crippen molar-refractivity contribution in [2.45, 2.75) is 13.3 Å². The number of carbonyl (C=O) groups is 2. The first-order valence-corrected chi connectivity index (χ1v) is 10.2. The Bertz CT molecular complexity index is 1030. The molecule has 0 unspecified atom stereocenters. The molecule has 2 amide bonds. The molecule has 0 aliphatic carbocycles. The third-order valence-electron chi connectivity index (χ3n) is 4.40. The third kappa shape index (κ3) is 5.15. The summed E-state index contributed by atoms with van der Waals surface area (Å²) in [5.74, 6) is -0.441. The number of aryl methyl sites for hydroxylation is 1. The molecule has 0 fully saturated rings. The number of rotatable bonds is 7. The van der Waals surface area contributed by atoms with Crippen molar-refractivity contribution in [1.29, 1.82) is 0 Å². The summed E-state index contributed by atoms with van der Waals surface area (Å²) in [6.45, 7) is 2.29. The van der Waals surface area contributed by atoms with Crippen LogP contribution in [0.25, 0.3) is 10.6 Å². The van der Waals surface area contributed by atoms with E-state index in [1.165, 1.54) is 14.2 Å². The zero-order valence-electron chi connectivity index (χ0n) is 17.0. The molecule has 2 aromatic carbocycles. The number of nitrogens with zero attached hydrogens (tertiary/aromatic N) is 1. The lowest BCUT2D eigenvalue weighted by atomic mass is 10.2. The van der Waals surface area contributed by atoms with Crippen molar-refractivity contribution in [2.24, 2.45) is 0 Å². The second kappa shape index (κ2) is 9.89. The molecule has 3 aromatic rings. The molecule has 30 heavy (non-hydrogen) atoms. The highest BCUT2D eigenvalue weighted by atomic mass is 32.1. The van der Waals surface area contributed by atoms with Gasteiger partial charge in [-0.2, -0.15) is 0 Å². The third-order valence-corrected chi connectivity index (χ3v) is 5.66. The molecule has 0 spiro atoms. The van der Waals surface area contributed by atoms with Gasteiger partial charge in [-0.3, -0.25) is 9.59 Å². The number of nitrogens with one attached hydrogen (secondary N) is 2. The zero-order valence-corrected chi connectivity index (χ0v) is 17.8. The molecule has 2 N–H and O–H groups in total. The molecule has 1 heterocycles. The minimum Gasteiger partial charge on any atom is -0.493 e. The Kier molecular flexibility index (Phi) is 7.03. The summed E-state index contributed by atoms with van der Waals surface area (Å²) in [6, 6.07) is 14.8. The van der Waals surface area contributed by atoms with E-state index in [1.807, 2.05) is 37.3 Å². The fourth-order valence-corrected chi connectivity index (χ4v) is 3.90. The Morgan fingerprint density at radius 1 is 1.00 bits per heavy atom. The van der Waals surface area contributed by atoms with Gasteiger partial charge < -0.3 is 20.1 Å². The highest BCUT2D eigenvalue weighted by Gasteiger charge is 2.15. The number of anilines is 1. The monoisotopic (exact) mass is 425 g/mol. The number of amides is 2. The van der Waals surface area contributed by atoms with E-state index in [0.29, 0.717) is 30.2 Å². The minimum absolute atomic E-state index is 0.343. The van der Waals surface area contributed by atoms with Gasteiger partial charge in [0.2, 0.25) is 0 Å². The van der Waals surface area contributed by atoms with E-state index >= 15 is 0 Å². The number of thiazole rings is 1. The maximum absolute atomic E-state index is 12.2. The van der Waals surface area contributed by atoms with Crippen LogP contribution in [0.3, 0.4) is 0 Å². The number of hydrogen-bond acceptors (Lipinski definition) is 6. The van der Waals surface area contributed by atoms with Crippen LogP contribution in [0.2, 0.25) is 0 Å². The molecule has 0 aliphatic rings. The molecule has 7 nitrogen and oxygen atoms in total. The van der Waals surface area contributed by atoms with E-state index in [4.69, 9.17) is 9.47 Å². The molecule has 0 saturated carbocycles. The Morgan fingerprint density at radius 2 is 1.73 bits per heavy atom. The van der Waals surface area contributed by atoms with Gasteiger partial charge in [0.15, 0.2) is 11.5 Å². The fourth-order valence-electron chi connectivity index (χ4n) is 2.84. The van der Waals surface area contributed by atoms with Crippen LogP contribution in [0, 0.1) is 6.92 Å². The van der Waals surface area contributed by atoms with Crippen LogP contribution in [0.15, 0.2) is 48.5 Å². The van der Waals surface area contributed by atoms with E-state index in [1.54, 1.807) is 29.5 Å². The summed E-state index contributed by atoms with van der Waals surface area (Å²) in [6.07, 6.45) is 0.603. The maximum atomic E-state index is 12.2. The lowest BCUT2D eigenvalue weighted by Gasteiger charge is -2.10. The molecule has 0 saturated heterocycles. The fraction of sp³-hybridized carbons (Fsp3) is 0.227. The second-order valence-electron chi connectivity index (χ2n) is 6.42. The van der Waals surface area contributed by atoms with Crippen LogP contribution in [0.4, 0.5) is 5.69 Å². The van der Waals surface area contributed by atoms with E-state index in [2.05, 4.69) is 15.6 Å². The molecule has 156 valence electrons. The van der Waals surface area contributed by atoms with E-state index in [0.717, 1.165) is 21.1 Å². The Labute approximate surface area is 179 Å². The molecule has 0 aliphatic heterocycles. The van der Waals surface area contributed by atoms with Crippen molar-refractivity contribution in [3.63, 3.8) is 0 Å². The minimum atomic E-state index is -0.742. The summed E-state index contributed by atoms with van der Waals surface area (Å²) < 4.78 is 10.4. The summed E-state index contributed by atoms with van der Waals surface area (Å²) in [5.41, 5.74) is 2.44. The lowest BCUT2D eigenvalue weighted by molar-refractivity contribution is -0.136. The van der Waals surface area contributed by atoms with Crippen molar-refractivity contribution in [3.05, 3.63) is 59.1 Å². The predicted molar refractivity (Wildman–Crippen MR) is 117 cm³/mol. The van der Waals surface area contributed by atoms with Crippen LogP contribution >= 0.6 is 11.3 Å². The first-order chi connectivity index (χ1) is 14.5. The number of ether oxygens (including phenoxy) is 2. The Hall–Kier alpha value is -3.39. The van der Waals surface area contributed by atoms with Gasteiger partial charge in [-0.15, -0.1) is 11.3 Å². The molecule has 0 atom stereocenters. The van der Waals surface area contributed by atoms with Crippen LogP contribution in [-0.4, -0.2) is 37.6 Å². The van der Waals surface area contributed by atoms with Crippen molar-refractivity contribution in [3.8, 4) is 22.1 Å². The molecule has 3 rings (SSSR count). The molecule has 8 heteroatoms. The number of carbonyl (C=O) groups excluding carboxylic acids is 2. The highest BCUT2D eigenvalue weighted by Crippen LogP contribution is 2.30. The van der Waals surface area contributed by atoms with Gasteiger partial charge in [-0.05, 0) is 19.1 Å². The van der Waals surface area contributed by atoms with Crippen LogP contribution in [-0.2, 0) is 16.0 Å². The lowest BCUT2D eigenvalue weighted by Crippen LogP contribution is -2.36. The normalized spacial score (nSPS) is 10.4. The summed E-state index contributed by atoms with van der Waals surface area (Å²) >= 11 is 1.59. The molecular formula is C22H23N3O4S. The first kappa shape index (κ1) is 21.3. The van der Waals surface area contributed by atoms with E-state index in [-0.39, 0.29) is 0 Å². The average molecular weight is 426 g/mol. The van der Waals surface area contributed by atoms with Crippen LogP contribution < -0.4 is 20.1 Å². The van der Waals surface area contributed by atoms with Gasteiger partial charge >= 0.3 is 11.8 Å². The molecular weight excluding hydrogens is 402 g/mol. The summed E-state index contributed by atoms with van der Waals surface area (Å²) in [7, 11) is 3.03. The van der Waals surface area contributed by atoms with Crippen molar-refractivity contribution in [1.82, 2.24) is 10.3 Å². The van der Waals surface area contributed by atoms with Gasteiger partial charge in [0.05, 0.1) is 19.9 Å². The Morgan fingerprint density at radius 3 is 2.43 bits per heavy atom. The predicted octanol–water partition coefficient (Wildman–Crippen LogP) is 3.43. The second-order valence-corrected chi connectivity index (χ2v) is 7.51. The maximum Gasteiger partial charge on any atom is 0.313 e. The Balaban J connectivity index is 1.53. The van der Waals surface area contributed by atoms with Crippen molar-refractivity contribution >= 4 is 28.8 Å². The quantitative estimate of drug-likeness (QED) is 0.566. The van der Waals surface area contributed by atoms with Gasteiger partial charge in [-0.25, -0.2) is 4.98 Å². The number of hydrogen-bond donors (Lipinski definition) is 2. The largest absolute Gasteiger partial charge is 0.493 e. The first-order valence-electron chi connectivity index (χ1n) is 9.34. The van der Waals surface area contributed by atoms with E-state index < -0.39 is 11.8 Å². The van der Waals surface area contributed by atoms with Gasteiger partial charge in [0, 0.05) is 35.2 Å². The van der Waals surface area contributed by atoms with Gasteiger partial charge in [0.1, 0.15) is 5.01 Å². The van der Waals surface area contributed by atoms with E-state index in [9.17, 15) is 9.59 Å². The van der Waals surface area contributed by atoms with Crippen LogP contribution in [0.1, 0.15) is 10.6 Å². The summed E-state index contributed by atoms with van der Waals surface area (Å²) in [5, 5.41) is 6.15. The molecule has 0 bridgehead atoms. The van der Waals surface area contributed by atoms with Crippen LogP contribution in [0.5, 0.6) is 11.5 Å². The standard InChI is InChI=1S/C22H23N3O4S/c1-14-19(30-22(24-14)15-7-5-4-6-8-15)11-12-23-20(26)21(27)25-16-9-10-17(28-2)18(13-16)29-3/h4-10,13H,11-12H2,1-3H3,(H,23,26)(H,25,27). The highest BCUT2D eigenvalue weighted by molar-refractivity contribution is 7.15. The van der Waals surface area contributed by atoms with Gasteiger partial charge in [-0.1, -0.05) is 30.3 Å². The summed E-state index contributed by atoms with van der Waals surface area (Å²) in [4.78, 5) is 30.0. The SMILES string of the molecule is COc1ccc(NC(=O)C(=O)NCCc2sc(-c3ccccc3)nc2C)cc1OC. The number of aromatic nitrogens is 1. The number of benzene rings is 2. The topological polar surface area (TPSA) is 89.5 Å². The van der Waals surface area contributed by atoms with Gasteiger partial charge in [0.25, 0.3) is 0 Å². The zero-order chi connectivity index (χ0) is 21.5. The molecule has 1 aromatic heterocycles. The average Bonchev–Trinajstić information content (AvgIpc) is 3.14. The molecule has 0 radical (unpaired) electrons. The number of methoxy groups -OCH3 is 2. The van der Waals surface area contributed by atoms with Crippen molar-refractivity contribution in [2.75, 3.05) is 26.1 Å². The van der Waals surface area contributed by atoms with Crippen molar-refractivity contribution < 1.29 is 19.1 Å².